The number of benzene rings is 1. The van der Waals surface area contributed by atoms with Gasteiger partial charge in [-0.25, -0.2) is 9.79 Å². The molecule has 1 aromatic carbocycles. The van der Waals surface area contributed by atoms with Crippen LogP contribution in [0.4, 0.5) is 21.9 Å². The molecule has 0 saturated carbocycles. The van der Waals surface area contributed by atoms with Crippen molar-refractivity contribution >= 4 is 40.1 Å². The summed E-state index contributed by atoms with van der Waals surface area (Å²) in [4.78, 5) is 25.2. The predicted molar refractivity (Wildman–Crippen MR) is 73.7 cm³/mol. The fraction of sp³-hybridized carbons (Fsp3) is 0.200. The van der Waals surface area contributed by atoms with Crippen LogP contribution in [0.5, 0.6) is 0 Å². The van der Waals surface area contributed by atoms with E-state index in [1.54, 1.807) is 6.26 Å². The molecule has 0 heterocycles. The molecule has 0 atom stereocenters. The Balaban J connectivity index is 3.09. The Morgan fingerprint density at radius 1 is 1.58 bits per heavy atom. The Morgan fingerprint density at radius 3 is 2.79 bits per heavy atom. The Morgan fingerprint density at radius 2 is 2.26 bits per heavy atom. The number of methoxy groups -OCH3 is 1. The van der Waals surface area contributed by atoms with Crippen LogP contribution in [-0.2, 0) is 4.74 Å². The third-order valence-electron chi connectivity index (χ3n) is 2.03. The molecule has 0 unspecified atom stereocenters. The van der Waals surface area contributed by atoms with E-state index in [9.17, 15) is 14.9 Å². The summed E-state index contributed by atoms with van der Waals surface area (Å²) in [6.07, 6.45) is 1.000. The van der Waals surface area contributed by atoms with Crippen molar-refractivity contribution in [1.29, 1.82) is 0 Å². The highest BCUT2D eigenvalue weighted by atomic mass is 32.2. The van der Waals surface area contributed by atoms with E-state index in [0.29, 0.717) is 0 Å². The molecule has 19 heavy (non-hydrogen) atoms. The fourth-order valence-corrected chi connectivity index (χ4v) is 1.49. The zero-order chi connectivity index (χ0) is 14.4. The zero-order valence-electron chi connectivity index (χ0n) is 10.2. The molecule has 0 aliphatic heterocycles. The first-order valence-electron chi connectivity index (χ1n) is 4.99. The maximum Gasteiger partial charge on any atom is 0.412 e. The Bertz CT molecular complexity index is 532. The van der Waals surface area contributed by atoms with E-state index in [1.165, 1.54) is 25.3 Å². The van der Waals surface area contributed by atoms with E-state index in [0.717, 1.165) is 11.8 Å². The number of rotatable bonds is 2. The van der Waals surface area contributed by atoms with Crippen LogP contribution in [0.1, 0.15) is 0 Å². The number of hydrogen-bond donors (Lipinski definition) is 2. The maximum absolute atomic E-state index is 11.1. The number of alkyl carbamates (subject to hydrolysis) is 1. The molecule has 0 aliphatic carbocycles. The number of nitrogens with two attached hydrogens (primary N) is 1. The first-order valence-corrected chi connectivity index (χ1v) is 6.22. The number of carbonyl (C=O) groups is 1. The minimum atomic E-state index is -0.683. The van der Waals surface area contributed by atoms with Crippen molar-refractivity contribution in [1.82, 2.24) is 5.32 Å². The summed E-state index contributed by atoms with van der Waals surface area (Å²) in [6, 6.07) is 3.89. The van der Waals surface area contributed by atoms with Gasteiger partial charge in [-0.05, 0) is 12.3 Å². The van der Waals surface area contributed by atoms with Crippen LogP contribution in [0.15, 0.2) is 23.2 Å². The molecule has 1 aromatic rings. The Hall–Kier alpha value is -2.29. The number of ether oxygens (including phenoxy) is 1. The van der Waals surface area contributed by atoms with Gasteiger partial charge >= 0.3 is 6.09 Å². The largest absolute Gasteiger partial charge is 0.453 e. The number of hydrogen-bond acceptors (Lipinski definition) is 7. The standard InChI is InChI=1S/C10H12N4O4S/c1-18-10(15)13-9(19-2)12-8-5-6(14(16)17)3-4-7(8)11/h3-5H,11H2,1-2H3,(H,12,13,15). The number of nitrogen functional groups attached to an aromatic ring is 1. The number of anilines is 1. The van der Waals surface area contributed by atoms with Crippen molar-refractivity contribution in [3.63, 3.8) is 0 Å². The van der Waals surface area contributed by atoms with Gasteiger partial charge in [0, 0.05) is 12.1 Å². The second-order valence-electron chi connectivity index (χ2n) is 3.24. The summed E-state index contributed by atoms with van der Waals surface area (Å²) in [5.41, 5.74) is 6.01. The molecule has 0 bridgehead atoms. The molecule has 102 valence electrons. The van der Waals surface area contributed by atoms with E-state index in [-0.39, 0.29) is 22.2 Å². The van der Waals surface area contributed by atoms with E-state index in [1.807, 2.05) is 0 Å². The molecule has 0 aliphatic rings. The molecular weight excluding hydrogens is 272 g/mol. The second-order valence-corrected chi connectivity index (χ2v) is 4.03. The summed E-state index contributed by atoms with van der Waals surface area (Å²) >= 11 is 1.14. The monoisotopic (exact) mass is 284 g/mol. The lowest BCUT2D eigenvalue weighted by atomic mass is 10.2. The van der Waals surface area contributed by atoms with Crippen molar-refractivity contribution < 1.29 is 14.5 Å². The van der Waals surface area contributed by atoms with Gasteiger partial charge in [0.05, 0.1) is 23.4 Å². The van der Waals surface area contributed by atoms with Gasteiger partial charge in [0.15, 0.2) is 5.17 Å². The molecular formula is C10H12N4O4S. The predicted octanol–water partition coefficient (Wildman–Crippen LogP) is 1.88. The third kappa shape index (κ3) is 4.14. The molecule has 9 heteroatoms. The highest BCUT2D eigenvalue weighted by Gasteiger charge is 2.10. The van der Waals surface area contributed by atoms with E-state index in [2.05, 4.69) is 15.0 Å². The average Bonchev–Trinajstić information content (AvgIpc) is 2.39. The molecule has 0 saturated heterocycles. The summed E-state index contributed by atoms with van der Waals surface area (Å²) in [5, 5.41) is 13.3. The van der Waals surface area contributed by atoms with Crippen molar-refractivity contribution in [2.24, 2.45) is 4.99 Å². The number of non-ortho nitro benzene ring substituents is 1. The molecule has 0 spiro atoms. The number of nitro benzene ring substituents is 1. The quantitative estimate of drug-likeness (QED) is 0.281. The van der Waals surface area contributed by atoms with Crippen molar-refractivity contribution in [3.05, 3.63) is 28.3 Å². The van der Waals surface area contributed by atoms with Gasteiger partial charge < -0.3 is 10.5 Å². The van der Waals surface area contributed by atoms with Crippen LogP contribution in [-0.4, -0.2) is 29.5 Å². The minimum Gasteiger partial charge on any atom is -0.453 e. The molecule has 1 amide bonds. The van der Waals surface area contributed by atoms with Crippen molar-refractivity contribution in [2.75, 3.05) is 19.1 Å². The summed E-state index contributed by atoms with van der Waals surface area (Å²) < 4.78 is 4.43. The summed E-state index contributed by atoms with van der Waals surface area (Å²) in [5.74, 6) is 0. The zero-order valence-corrected chi connectivity index (χ0v) is 11.1. The maximum atomic E-state index is 11.1. The topological polar surface area (TPSA) is 120 Å². The molecule has 0 fully saturated rings. The Kier molecular flexibility index (Phi) is 5.12. The van der Waals surface area contributed by atoms with Crippen LogP contribution in [0.2, 0.25) is 0 Å². The number of thioether (sulfide) groups is 1. The molecule has 3 N–H and O–H groups in total. The van der Waals surface area contributed by atoms with Crippen molar-refractivity contribution in [2.45, 2.75) is 0 Å². The van der Waals surface area contributed by atoms with Crippen LogP contribution in [0.3, 0.4) is 0 Å². The van der Waals surface area contributed by atoms with Crippen LogP contribution in [0.25, 0.3) is 0 Å². The van der Waals surface area contributed by atoms with Crippen LogP contribution < -0.4 is 11.1 Å². The van der Waals surface area contributed by atoms with Gasteiger partial charge in [-0.3, -0.25) is 15.4 Å². The third-order valence-corrected chi connectivity index (χ3v) is 2.61. The summed E-state index contributed by atoms with van der Waals surface area (Å²) in [6.45, 7) is 0. The van der Waals surface area contributed by atoms with Gasteiger partial charge in [-0.2, -0.15) is 0 Å². The van der Waals surface area contributed by atoms with E-state index < -0.39 is 11.0 Å². The first-order chi connectivity index (χ1) is 8.97. The lowest BCUT2D eigenvalue weighted by Crippen LogP contribution is -2.27. The van der Waals surface area contributed by atoms with Crippen LogP contribution in [0, 0.1) is 10.1 Å². The number of nitrogens with one attached hydrogen (secondary N) is 1. The smallest absolute Gasteiger partial charge is 0.412 e. The minimum absolute atomic E-state index is 0.133. The first kappa shape index (κ1) is 14.8. The van der Waals surface area contributed by atoms with Gasteiger partial charge in [0.2, 0.25) is 0 Å². The van der Waals surface area contributed by atoms with Crippen LogP contribution >= 0.6 is 11.8 Å². The van der Waals surface area contributed by atoms with E-state index in [4.69, 9.17) is 5.73 Å². The lowest BCUT2D eigenvalue weighted by Gasteiger charge is -2.06. The number of amides is 1. The number of amidine groups is 1. The highest BCUT2D eigenvalue weighted by molar-refractivity contribution is 8.13. The van der Waals surface area contributed by atoms with Gasteiger partial charge in [0.25, 0.3) is 5.69 Å². The highest BCUT2D eigenvalue weighted by Crippen LogP contribution is 2.27. The van der Waals surface area contributed by atoms with Gasteiger partial charge in [-0.1, -0.05) is 11.8 Å². The summed E-state index contributed by atoms with van der Waals surface area (Å²) in [7, 11) is 1.22. The SMILES string of the molecule is COC(=O)NC(=Nc1cc([N+](=O)[O-])ccc1N)SC. The molecule has 8 nitrogen and oxygen atoms in total. The molecule has 0 radical (unpaired) electrons. The van der Waals surface area contributed by atoms with Crippen molar-refractivity contribution in [3.8, 4) is 0 Å². The fourth-order valence-electron chi connectivity index (χ4n) is 1.11. The van der Waals surface area contributed by atoms with Gasteiger partial charge in [0.1, 0.15) is 0 Å². The number of nitro groups is 1. The van der Waals surface area contributed by atoms with E-state index >= 15 is 0 Å². The normalized spacial score (nSPS) is 10.9. The lowest BCUT2D eigenvalue weighted by molar-refractivity contribution is -0.384. The second kappa shape index (κ2) is 6.59. The number of carbonyl (C=O) groups excluding carboxylic acids is 1. The van der Waals surface area contributed by atoms with Gasteiger partial charge in [-0.15, -0.1) is 0 Å². The molecule has 0 aromatic heterocycles. The number of aliphatic imine (C=N–C) groups is 1. The number of nitrogens with zero attached hydrogens (tertiary/aromatic N) is 2. The molecule has 1 rings (SSSR count). The Labute approximate surface area is 113 Å². The average molecular weight is 284 g/mol.